The molecule has 18 heavy (non-hydrogen) atoms. The molecule has 1 atom stereocenters. The number of ether oxygens (including phenoxy) is 1. The summed E-state index contributed by atoms with van der Waals surface area (Å²) in [7, 11) is 0. The van der Waals surface area contributed by atoms with E-state index >= 15 is 0 Å². The SMILES string of the molecule is C=C(C)OCN[C@@H](CCCCN=C(C)N)C(=O)O. The molecule has 0 saturated carbocycles. The van der Waals surface area contributed by atoms with E-state index in [-0.39, 0.29) is 6.73 Å². The Morgan fingerprint density at radius 1 is 1.50 bits per heavy atom. The number of amidine groups is 1. The molecule has 0 spiro atoms. The first-order valence-electron chi connectivity index (χ1n) is 5.94. The lowest BCUT2D eigenvalue weighted by molar-refractivity contribution is -0.140. The summed E-state index contributed by atoms with van der Waals surface area (Å²) in [5.41, 5.74) is 5.40. The fourth-order valence-electron chi connectivity index (χ4n) is 1.29. The van der Waals surface area contributed by atoms with Crippen molar-refractivity contribution >= 4 is 11.8 Å². The molecule has 0 aliphatic rings. The van der Waals surface area contributed by atoms with E-state index in [1.54, 1.807) is 13.8 Å². The van der Waals surface area contributed by atoms with Gasteiger partial charge in [0.05, 0.1) is 11.6 Å². The first-order valence-corrected chi connectivity index (χ1v) is 5.94. The van der Waals surface area contributed by atoms with Gasteiger partial charge in [0.2, 0.25) is 0 Å². The van der Waals surface area contributed by atoms with Crippen molar-refractivity contribution in [2.24, 2.45) is 10.7 Å². The number of carboxylic acids is 1. The third-order valence-electron chi connectivity index (χ3n) is 2.21. The number of hydrogen-bond acceptors (Lipinski definition) is 4. The number of carbonyl (C=O) groups is 1. The monoisotopic (exact) mass is 257 g/mol. The van der Waals surface area contributed by atoms with Crippen molar-refractivity contribution in [1.82, 2.24) is 5.32 Å². The summed E-state index contributed by atoms with van der Waals surface area (Å²) in [6.07, 6.45) is 2.13. The molecule has 0 rings (SSSR count). The van der Waals surface area contributed by atoms with Crippen LogP contribution in [0.3, 0.4) is 0 Å². The normalized spacial score (nSPS) is 13.1. The molecule has 104 valence electrons. The average molecular weight is 257 g/mol. The van der Waals surface area contributed by atoms with Gasteiger partial charge in [-0.25, -0.2) is 0 Å². The van der Waals surface area contributed by atoms with Gasteiger partial charge in [0.25, 0.3) is 0 Å². The lowest BCUT2D eigenvalue weighted by atomic mass is 10.1. The standard InChI is InChI=1S/C12H23N3O3/c1-9(2)18-8-15-11(12(16)17)6-4-5-7-14-10(3)13/h11,15H,1,4-8H2,2-3H3,(H2,13,14)(H,16,17)/t11-/m0/s1. The number of unbranched alkanes of at least 4 members (excludes halogenated alkanes) is 1. The Morgan fingerprint density at radius 3 is 2.67 bits per heavy atom. The summed E-state index contributed by atoms with van der Waals surface area (Å²) in [6, 6.07) is -0.604. The van der Waals surface area contributed by atoms with E-state index in [9.17, 15) is 4.79 Å². The fraction of sp³-hybridized carbons (Fsp3) is 0.667. The number of carboxylic acid groups (broad SMARTS) is 1. The molecular formula is C12H23N3O3. The molecule has 0 heterocycles. The van der Waals surface area contributed by atoms with Gasteiger partial charge < -0.3 is 15.6 Å². The Balaban J connectivity index is 3.80. The number of nitrogens with zero attached hydrogens (tertiary/aromatic N) is 1. The first kappa shape index (κ1) is 16.4. The van der Waals surface area contributed by atoms with Crippen LogP contribution in [0.25, 0.3) is 0 Å². The van der Waals surface area contributed by atoms with Crippen molar-refractivity contribution in [3.05, 3.63) is 12.3 Å². The van der Waals surface area contributed by atoms with Crippen LogP contribution in [-0.4, -0.2) is 36.2 Å². The summed E-state index contributed by atoms with van der Waals surface area (Å²) in [4.78, 5) is 15.0. The maximum atomic E-state index is 11.0. The van der Waals surface area contributed by atoms with E-state index in [4.69, 9.17) is 15.6 Å². The largest absolute Gasteiger partial charge is 0.484 e. The zero-order valence-corrected chi connectivity index (χ0v) is 11.1. The number of allylic oxidation sites excluding steroid dienone is 1. The van der Waals surface area contributed by atoms with Crippen LogP contribution in [0.5, 0.6) is 0 Å². The second kappa shape index (κ2) is 9.47. The molecule has 0 unspecified atom stereocenters. The molecule has 4 N–H and O–H groups in total. The van der Waals surface area contributed by atoms with Crippen molar-refractivity contribution in [3.63, 3.8) is 0 Å². The zero-order valence-electron chi connectivity index (χ0n) is 11.1. The molecule has 0 saturated heterocycles. The Hall–Kier alpha value is -1.56. The second-order valence-corrected chi connectivity index (χ2v) is 4.10. The van der Waals surface area contributed by atoms with Gasteiger partial charge in [-0.15, -0.1) is 0 Å². The van der Waals surface area contributed by atoms with Gasteiger partial charge in [-0.2, -0.15) is 0 Å². The summed E-state index contributed by atoms with van der Waals surface area (Å²) in [5, 5.41) is 11.8. The average Bonchev–Trinajstić information content (AvgIpc) is 2.25. The van der Waals surface area contributed by atoms with Crippen molar-refractivity contribution in [2.75, 3.05) is 13.3 Å². The maximum Gasteiger partial charge on any atom is 0.320 e. The fourth-order valence-corrected chi connectivity index (χ4v) is 1.29. The van der Waals surface area contributed by atoms with Crippen LogP contribution in [0, 0.1) is 0 Å². The molecule has 0 radical (unpaired) electrons. The molecule has 0 amide bonds. The van der Waals surface area contributed by atoms with Crippen molar-refractivity contribution in [2.45, 2.75) is 39.2 Å². The number of rotatable bonds is 10. The first-order chi connectivity index (χ1) is 8.43. The van der Waals surface area contributed by atoms with E-state index < -0.39 is 12.0 Å². The Bertz CT molecular complexity index is 299. The van der Waals surface area contributed by atoms with Crippen molar-refractivity contribution in [1.29, 1.82) is 0 Å². The Kier molecular flexibility index (Phi) is 8.65. The third kappa shape index (κ3) is 9.65. The smallest absolute Gasteiger partial charge is 0.320 e. The lowest BCUT2D eigenvalue weighted by Crippen LogP contribution is -2.37. The van der Waals surface area contributed by atoms with Crippen LogP contribution >= 0.6 is 0 Å². The Labute approximate surface area is 108 Å². The van der Waals surface area contributed by atoms with Gasteiger partial charge in [0.15, 0.2) is 0 Å². The number of nitrogens with one attached hydrogen (secondary N) is 1. The van der Waals surface area contributed by atoms with Crippen LogP contribution in [-0.2, 0) is 9.53 Å². The number of hydrogen-bond donors (Lipinski definition) is 3. The molecule has 6 nitrogen and oxygen atoms in total. The van der Waals surface area contributed by atoms with E-state index in [1.807, 2.05) is 0 Å². The zero-order chi connectivity index (χ0) is 14.0. The summed E-state index contributed by atoms with van der Waals surface area (Å²) < 4.78 is 5.07. The molecular weight excluding hydrogens is 234 g/mol. The van der Waals surface area contributed by atoms with Gasteiger partial charge in [-0.05, 0) is 33.1 Å². The van der Waals surface area contributed by atoms with Gasteiger partial charge in [0.1, 0.15) is 12.8 Å². The predicted molar refractivity (Wildman–Crippen MR) is 71.3 cm³/mol. The molecule has 0 aromatic heterocycles. The Morgan fingerprint density at radius 2 is 2.17 bits per heavy atom. The number of aliphatic imine (C=N–C) groups is 1. The van der Waals surface area contributed by atoms with Crippen LogP contribution in [0.1, 0.15) is 33.1 Å². The minimum atomic E-state index is -0.876. The summed E-state index contributed by atoms with van der Waals surface area (Å²) in [5.74, 6) is 0.232. The number of aliphatic carboxylic acids is 1. The van der Waals surface area contributed by atoms with Crippen molar-refractivity contribution in [3.8, 4) is 0 Å². The van der Waals surface area contributed by atoms with Crippen LogP contribution < -0.4 is 11.1 Å². The molecule has 0 fully saturated rings. The highest BCUT2D eigenvalue weighted by molar-refractivity contribution is 5.77. The van der Waals surface area contributed by atoms with Gasteiger partial charge in [0, 0.05) is 6.54 Å². The van der Waals surface area contributed by atoms with Crippen molar-refractivity contribution < 1.29 is 14.6 Å². The summed E-state index contributed by atoms with van der Waals surface area (Å²) in [6.45, 7) is 7.80. The quantitative estimate of drug-likeness (QED) is 0.179. The second-order valence-electron chi connectivity index (χ2n) is 4.10. The minimum absolute atomic E-state index is 0.159. The lowest BCUT2D eigenvalue weighted by Gasteiger charge is -2.14. The minimum Gasteiger partial charge on any atom is -0.484 e. The summed E-state index contributed by atoms with van der Waals surface area (Å²) >= 11 is 0. The van der Waals surface area contributed by atoms with Gasteiger partial charge in [-0.3, -0.25) is 15.1 Å². The van der Waals surface area contributed by atoms with E-state index in [2.05, 4.69) is 16.9 Å². The topological polar surface area (TPSA) is 96.9 Å². The van der Waals surface area contributed by atoms with Crippen LogP contribution in [0.4, 0.5) is 0 Å². The predicted octanol–water partition coefficient (Wildman–Crippen LogP) is 1.08. The van der Waals surface area contributed by atoms with Crippen LogP contribution in [0.15, 0.2) is 17.3 Å². The van der Waals surface area contributed by atoms with E-state index in [0.29, 0.717) is 24.6 Å². The molecule has 0 bridgehead atoms. The van der Waals surface area contributed by atoms with Crippen LogP contribution in [0.2, 0.25) is 0 Å². The molecule has 0 aliphatic heterocycles. The maximum absolute atomic E-state index is 11.0. The van der Waals surface area contributed by atoms with E-state index in [0.717, 1.165) is 12.8 Å². The van der Waals surface area contributed by atoms with E-state index in [1.165, 1.54) is 0 Å². The highest BCUT2D eigenvalue weighted by atomic mass is 16.5. The third-order valence-corrected chi connectivity index (χ3v) is 2.21. The highest BCUT2D eigenvalue weighted by Gasteiger charge is 2.15. The molecule has 0 aromatic rings. The number of nitrogens with two attached hydrogens (primary N) is 1. The highest BCUT2D eigenvalue weighted by Crippen LogP contribution is 2.02. The van der Waals surface area contributed by atoms with Gasteiger partial charge >= 0.3 is 5.97 Å². The molecule has 6 heteroatoms. The molecule has 0 aromatic carbocycles. The van der Waals surface area contributed by atoms with Gasteiger partial charge in [-0.1, -0.05) is 6.58 Å². The molecule has 0 aliphatic carbocycles.